The lowest BCUT2D eigenvalue weighted by molar-refractivity contribution is 0.449. The van der Waals surface area contributed by atoms with Crippen molar-refractivity contribution in [1.82, 2.24) is 9.97 Å². The molecule has 2 N–H and O–H groups in total. The van der Waals surface area contributed by atoms with Gasteiger partial charge in [-0.15, -0.1) is 0 Å². The van der Waals surface area contributed by atoms with Crippen LogP contribution in [-0.2, 0) is 6.42 Å². The predicted molar refractivity (Wildman–Crippen MR) is 81.0 cm³/mol. The minimum Gasteiger partial charge on any atom is -0.439 e. The van der Waals surface area contributed by atoms with Crippen LogP contribution in [0.15, 0.2) is 30.3 Å². The van der Waals surface area contributed by atoms with E-state index in [1.807, 2.05) is 25.1 Å². The van der Waals surface area contributed by atoms with Crippen molar-refractivity contribution in [3.63, 3.8) is 0 Å². The van der Waals surface area contributed by atoms with Crippen molar-refractivity contribution >= 4 is 5.82 Å². The smallest absolute Gasteiger partial charge is 0.224 e. The lowest BCUT2D eigenvalue weighted by atomic mass is 9.98. The molecule has 0 aliphatic rings. The van der Waals surface area contributed by atoms with Crippen LogP contribution < -0.4 is 10.5 Å². The summed E-state index contributed by atoms with van der Waals surface area (Å²) in [4.78, 5) is 8.51. The highest BCUT2D eigenvalue weighted by Crippen LogP contribution is 2.31. The number of nitrogens with two attached hydrogens (primary N) is 1. The normalized spacial score (nSPS) is 12.2. The van der Waals surface area contributed by atoms with Crippen molar-refractivity contribution in [3.05, 3.63) is 41.7 Å². The number of hydrogen-bond donors (Lipinski definition) is 1. The van der Waals surface area contributed by atoms with Gasteiger partial charge in [0.25, 0.3) is 0 Å². The molecule has 0 saturated heterocycles. The van der Waals surface area contributed by atoms with Gasteiger partial charge < -0.3 is 10.5 Å². The zero-order chi connectivity index (χ0) is 14.5. The van der Waals surface area contributed by atoms with Crippen molar-refractivity contribution in [2.45, 2.75) is 39.5 Å². The van der Waals surface area contributed by atoms with E-state index in [2.05, 4.69) is 29.9 Å². The van der Waals surface area contributed by atoms with Gasteiger partial charge in [0.05, 0.1) is 0 Å². The Morgan fingerprint density at radius 3 is 2.65 bits per heavy atom. The molecule has 0 aliphatic heterocycles. The highest BCUT2D eigenvalue weighted by atomic mass is 16.5. The largest absolute Gasteiger partial charge is 0.439 e. The molecular weight excluding hydrogens is 250 g/mol. The fourth-order valence-corrected chi connectivity index (χ4v) is 2.02. The van der Waals surface area contributed by atoms with Crippen LogP contribution in [-0.4, -0.2) is 9.97 Å². The van der Waals surface area contributed by atoms with Gasteiger partial charge in [0.1, 0.15) is 17.4 Å². The number of nitrogen functional groups attached to an aromatic ring is 1. The molecule has 0 bridgehead atoms. The van der Waals surface area contributed by atoms with Gasteiger partial charge in [-0.2, -0.15) is 4.98 Å². The zero-order valence-electron chi connectivity index (χ0n) is 12.3. The van der Waals surface area contributed by atoms with E-state index in [1.54, 1.807) is 6.07 Å². The van der Waals surface area contributed by atoms with E-state index in [9.17, 15) is 0 Å². The zero-order valence-corrected chi connectivity index (χ0v) is 12.3. The molecule has 0 spiro atoms. The molecule has 1 atom stereocenters. The fraction of sp³-hybridized carbons (Fsp3) is 0.375. The molecule has 0 radical (unpaired) electrons. The summed E-state index contributed by atoms with van der Waals surface area (Å²) in [6.07, 6.45) is 1.79. The Kier molecular flexibility index (Phi) is 4.56. The molecule has 106 valence electrons. The first-order valence-electron chi connectivity index (χ1n) is 7.04. The van der Waals surface area contributed by atoms with Crippen LogP contribution in [0.3, 0.4) is 0 Å². The standard InChI is InChI=1S/C16H21N3O/c1-4-11(3)12-8-6-7-9-13(12)20-16-10-14(17)18-15(5-2)19-16/h6-11H,4-5H2,1-3H3,(H2,17,18,19). The molecule has 4 nitrogen and oxygen atoms in total. The summed E-state index contributed by atoms with van der Waals surface area (Å²) in [5.41, 5.74) is 6.97. The van der Waals surface area contributed by atoms with Crippen molar-refractivity contribution < 1.29 is 4.74 Å². The molecule has 0 fully saturated rings. The molecule has 1 heterocycles. The van der Waals surface area contributed by atoms with Gasteiger partial charge >= 0.3 is 0 Å². The number of aryl methyl sites for hydroxylation is 1. The summed E-state index contributed by atoms with van der Waals surface area (Å²) in [5.74, 6) is 2.91. The van der Waals surface area contributed by atoms with Crippen molar-refractivity contribution in [2.75, 3.05) is 5.73 Å². The Labute approximate surface area is 120 Å². The maximum atomic E-state index is 5.92. The van der Waals surface area contributed by atoms with Crippen LogP contribution in [0.2, 0.25) is 0 Å². The Morgan fingerprint density at radius 2 is 1.95 bits per heavy atom. The summed E-state index contributed by atoms with van der Waals surface area (Å²) in [6, 6.07) is 9.71. The number of ether oxygens (including phenoxy) is 1. The van der Waals surface area contributed by atoms with E-state index < -0.39 is 0 Å². The third-order valence-electron chi connectivity index (χ3n) is 3.36. The number of para-hydroxylation sites is 1. The number of benzene rings is 1. The fourth-order valence-electron chi connectivity index (χ4n) is 2.02. The molecule has 2 rings (SSSR count). The van der Waals surface area contributed by atoms with E-state index in [0.717, 1.165) is 18.6 Å². The molecule has 20 heavy (non-hydrogen) atoms. The average Bonchev–Trinajstić information content (AvgIpc) is 2.46. The van der Waals surface area contributed by atoms with E-state index in [4.69, 9.17) is 10.5 Å². The SMILES string of the molecule is CCc1nc(N)cc(Oc2ccccc2C(C)CC)n1. The number of rotatable bonds is 5. The number of nitrogens with zero attached hydrogens (tertiary/aromatic N) is 2. The molecule has 1 unspecified atom stereocenters. The third-order valence-corrected chi connectivity index (χ3v) is 3.36. The number of aromatic nitrogens is 2. The highest BCUT2D eigenvalue weighted by Gasteiger charge is 2.11. The van der Waals surface area contributed by atoms with Gasteiger partial charge in [-0.3, -0.25) is 0 Å². The van der Waals surface area contributed by atoms with Crippen LogP contribution in [0.4, 0.5) is 5.82 Å². The summed E-state index contributed by atoms with van der Waals surface area (Å²) in [5, 5.41) is 0. The summed E-state index contributed by atoms with van der Waals surface area (Å²) < 4.78 is 5.92. The Morgan fingerprint density at radius 1 is 1.20 bits per heavy atom. The number of anilines is 1. The van der Waals surface area contributed by atoms with Crippen LogP contribution >= 0.6 is 0 Å². The molecule has 0 saturated carbocycles. The predicted octanol–water partition coefficient (Wildman–Crippen LogP) is 3.93. The third kappa shape index (κ3) is 3.26. The minimum absolute atomic E-state index is 0.438. The molecule has 0 aliphatic carbocycles. The van der Waals surface area contributed by atoms with E-state index in [0.29, 0.717) is 23.4 Å². The molecule has 0 amide bonds. The molecule has 1 aromatic carbocycles. The van der Waals surface area contributed by atoms with Crippen LogP contribution in [0.5, 0.6) is 11.6 Å². The van der Waals surface area contributed by atoms with Crippen LogP contribution in [0.1, 0.15) is 44.5 Å². The maximum absolute atomic E-state index is 5.92. The average molecular weight is 271 g/mol. The van der Waals surface area contributed by atoms with E-state index in [-0.39, 0.29) is 0 Å². The first kappa shape index (κ1) is 14.3. The van der Waals surface area contributed by atoms with Crippen molar-refractivity contribution in [1.29, 1.82) is 0 Å². The highest BCUT2D eigenvalue weighted by molar-refractivity contribution is 5.40. The lowest BCUT2D eigenvalue weighted by Gasteiger charge is -2.15. The van der Waals surface area contributed by atoms with Crippen molar-refractivity contribution in [3.8, 4) is 11.6 Å². The van der Waals surface area contributed by atoms with Gasteiger partial charge in [-0.05, 0) is 24.0 Å². The maximum Gasteiger partial charge on any atom is 0.224 e. The van der Waals surface area contributed by atoms with Crippen LogP contribution in [0, 0.1) is 0 Å². The van der Waals surface area contributed by atoms with E-state index >= 15 is 0 Å². The second-order valence-corrected chi connectivity index (χ2v) is 4.85. The first-order valence-corrected chi connectivity index (χ1v) is 7.04. The Balaban J connectivity index is 2.32. The molecule has 2 aromatic rings. The topological polar surface area (TPSA) is 61.0 Å². The summed E-state index contributed by atoms with van der Waals surface area (Å²) in [7, 11) is 0. The van der Waals surface area contributed by atoms with E-state index in [1.165, 1.54) is 5.56 Å². The Bertz CT molecular complexity index is 584. The van der Waals surface area contributed by atoms with Gasteiger partial charge in [0, 0.05) is 12.5 Å². The molecular formula is C16H21N3O. The lowest BCUT2D eigenvalue weighted by Crippen LogP contribution is -2.02. The summed E-state index contributed by atoms with van der Waals surface area (Å²) in [6.45, 7) is 6.35. The molecule has 4 heteroatoms. The first-order chi connectivity index (χ1) is 9.63. The quantitative estimate of drug-likeness (QED) is 0.895. The second kappa shape index (κ2) is 6.37. The van der Waals surface area contributed by atoms with Gasteiger partial charge in [0.2, 0.25) is 5.88 Å². The monoisotopic (exact) mass is 271 g/mol. The van der Waals surface area contributed by atoms with Gasteiger partial charge in [0.15, 0.2) is 0 Å². The summed E-state index contributed by atoms with van der Waals surface area (Å²) >= 11 is 0. The minimum atomic E-state index is 0.438. The van der Waals surface area contributed by atoms with Crippen LogP contribution in [0.25, 0.3) is 0 Å². The van der Waals surface area contributed by atoms with Gasteiger partial charge in [-0.25, -0.2) is 4.98 Å². The van der Waals surface area contributed by atoms with Gasteiger partial charge in [-0.1, -0.05) is 39.0 Å². The second-order valence-electron chi connectivity index (χ2n) is 4.85. The van der Waals surface area contributed by atoms with Crippen molar-refractivity contribution in [2.24, 2.45) is 0 Å². The molecule has 1 aromatic heterocycles. The number of hydrogen-bond acceptors (Lipinski definition) is 4. The Hall–Kier alpha value is -2.10.